The molecule has 2 rings (SSSR count). The number of rotatable bonds is 4. The van der Waals surface area contributed by atoms with Crippen LogP contribution in [-0.2, 0) is 4.79 Å². The summed E-state index contributed by atoms with van der Waals surface area (Å²) in [5, 5.41) is 9.61. The van der Waals surface area contributed by atoms with Gasteiger partial charge in [0.1, 0.15) is 0 Å². The van der Waals surface area contributed by atoms with E-state index < -0.39 is 11.9 Å². The largest absolute Gasteiger partial charge is 0.481 e. The molecule has 94 valence electrons. The molecule has 0 amide bonds. The number of ketones is 1. The average Bonchev–Trinajstić information content (AvgIpc) is 2.63. The molecule has 1 heterocycles. The number of para-hydroxylation sites is 1. The van der Waals surface area contributed by atoms with Gasteiger partial charge in [-0.25, -0.2) is 0 Å². The number of hydrogen-bond donors (Lipinski definition) is 2. The number of Topliss-reactive ketones (excluding diaryl/α,β-unsaturated/α-hetero) is 1. The Bertz CT molecular complexity index is 613. The van der Waals surface area contributed by atoms with Crippen LogP contribution in [0.25, 0.3) is 10.9 Å². The third-order valence-electron chi connectivity index (χ3n) is 3.07. The topological polar surface area (TPSA) is 70.2 Å². The molecule has 1 aromatic heterocycles. The number of aliphatic carboxylic acids is 1. The Morgan fingerprint density at radius 2 is 2.00 bits per heavy atom. The monoisotopic (exact) mass is 245 g/mol. The molecule has 1 atom stereocenters. The fraction of sp³-hybridized carbons (Fsp3) is 0.286. The van der Waals surface area contributed by atoms with E-state index in [1.54, 1.807) is 6.92 Å². The fourth-order valence-electron chi connectivity index (χ4n) is 2.20. The Balaban J connectivity index is 2.44. The quantitative estimate of drug-likeness (QED) is 0.814. The van der Waals surface area contributed by atoms with Gasteiger partial charge in [-0.3, -0.25) is 9.59 Å². The third-order valence-corrected chi connectivity index (χ3v) is 3.07. The molecule has 0 saturated carbocycles. The van der Waals surface area contributed by atoms with Gasteiger partial charge in [0.25, 0.3) is 0 Å². The van der Waals surface area contributed by atoms with E-state index >= 15 is 0 Å². The first kappa shape index (κ1) is 12.4. The zero-order valence-corrected chi connectivity index (χ0v) is 10.4. The summed E-state index contributed by atoms with van der Waals surface area (Å²) >= 11 is 0. The normalized spacial score (nSPS) is 12.6. The van der Waals surface area contributed by atoms with Crippen LogP contribution in [-0.4, -0.2) is 21.8 Å². The number of aryl methyl sites for hydroxylation is 1. The number of aromatic amines is 1. The van der Waals surface area contributed by atoms with Crippen LogP contribution < -0.4 is 0 Å². The van der Waals surface area contributed by atoms with Crippen molar-refractivity contribution in [1.82, 2.24) is 4.98 Å². The van der Waals surface area contributed by atoms with Crippen LogP contribution in [0, 0.1) is 12.8 Å². The lowest BCUT2D eigenvalue weighted by molar-refractivity contribution is -0.137. The minimum atomic E-state index is -0.951. The number of carbonyl (C=O) groups is 2. The van der Waals surface area contributed by atoms with Crippen molar-refractivity contribution in [1.29, 1.82) is 0 Å². The average molecular weight is 245 g/mol. The standard InChI is InChI=1S/C14H15NO3/c1-8(7-12(16)17)14(18)13-9(2)15-11-6-4-3-5-10(11)13/h3-6,8,15H,7H2,1-2H3,(H,16,17). The van der Waals surface area contributed by atoms with Gasteiger partial charge in [0.05, 0.1) is 6.42 Å². The number of aromatic nitrogens is 1. The first-order valence-electron chi connectivity index (χ1n) is 5.84. The van der Waals surface area contributed by atoms with E-state index in [1.165, 1.54) is 0 Å². The number of benzene rings is 1. The van der Waals surface area contributed by atoms with E-state index in [0.29, 0.717) is 5.56 Å². The molecule has 0 radical (unpaired) electrons. The smallest absolute Gasteiger partial charge is 0.304 e. The highest BCUT2D eigenvalue weighted by Crippen LogP contribution is 2.25. The molecule has 0 aliphatic heterocycles. The summed E-state index contributed by atoms with van der Waals surface area (Å²) in [5.74, 6) is -1.58. The molecule has 4 heteroatoms. The second kappa shape index (κ2) is 4.64. The predicted octanol–water partition coefficient (Wildman–Crippen LogP) is 2.77. The second-order valence-electron chi connectivity index (χ2n) is 4.53. The van der Waals surface area contributed by atoms with E-state index in [-0.39, 0.29) is 12.2 Å². The first-order valence-corrected chi connectivity index (χ1v) is 5.84. The molecule has 1 aromatic carbocycles. The van der Waals surface area contributed by atoms with Gasteiger partial charge in [-0.1, -0.05) is 25.1 Å². The molecule has 4 nitrogen and oxygen atoms in total. The van der Waals surface area contributed by atoms with Crippen molar-refractivity contribution in [3.63, 3.8) is 0 Å². The lowest BCUT2D eigenvalue weighted by Gasteiger charge is -2.07. The van der Waals surface area contributed by atoms with Crippen LogP contribution in [0.5, 0.6) is 0 Å². The van der Waals surface area contributed by atoms with Crippen LogP contribution in [0.15, 0.2) is 24.3 Å². The predicted molar refractivity (Wildman–Crippen MR) is 68.8 cm³/mol. The maximum Gasteiger partial charge on any atom is 0.304 e. The first-order chi connectivity index (χ1) is 8.50. The van der Waals surface area contributed by atoms with Crippen molar-refractivity contribution < 1.29 is 14.7 Å². The van der Waals surface area contributed by atoms with Crippen molar-refractivity contribution in [2.75, 3.05) is 0 Å². The molecule has 0 aliphatic carbocycles. The zero-order valence-electron chi connectivity index (χ0n) is 10.4. The van der Waals surface area contributed by atoms with Crippen LogP contribution in [0.2, 0.25) is 0 Å². The summed E-state index contributed by atoms with van der Waals surface area (Å²) in [5.41, 5.74) is 2.30. The zero-order chi connectivity index (χ0) is 13.3. The maximum absolute atomic E-state index is 12.3. The highest BCUT2D eigenvalue weighted by molar-refractivity contribution is 6.10. The Morgan fingerprint density at radius 3 is 2.67 bits per heavy atom. The van der Waals surface area contributed by atoms with E-state index in [4.69, 9.17) is 5.11 Å². The summed E-state index contributed by atoms with van der Waals surface area (Å²) in [6, 6.07) is 7.54. The molecule has 1 unspecified atom stereocenters. The van der Waals surface area contributed by atoms with E-state index in [2.05, 4.69) is 4.98 Å². The van der Waals surface area contributed by atoms with Crippen LogP contribution in [0.1, 0.15) is 29.4 Å². The fourth-order valence-corrected chi connectivity index (χ4v) is 2.20. The van der Waals surface area contributed by atoms with Gasteiger partial charge >= 0.3 is 5.97 Å². The van der Waals surface area contributed by atoms with Gasteiger partial charge in [-0.15, -0.1) is 0 Å². The summed E-state index contributed by atoms with van der Waals surface area (Å²) in [7, 11) is 0. The number of fused-ring (bicyclic) bond motifs is 1. The summed E-state index contributed by atoms with van der Waals surface area (Å²) in [6.45, 7) is 3.48. The number of H-pyrrole nitrogens is 1. The molecular weight excluding hydrogens is 230 g/mol. The maximum atomic E-state index is 12.3. The SMILES string of the molecule is Cc1[nH]c2ccccc2c1C(=O)C(C)CC(=O)O. The van der Waals surface area contributed by atoms with Crippen molar-refractivity contribution in [2.45, 2.75) is 20.3 Å². The molecule has 0 spiro atoms. The van der Waals surface area contributed by atoms with Crippen molar-refractivity contribution >= 4 is 22.7 Å². The molecular formula is C14H15NO3. The molecule has 0 saturated heterocycles. The number of hydrogen-bond acceptors (Lipinski definition) is 2. The van der Waals surface area contributed by atoms with Gasteiger partial charge in [0.2, 0.25) is 0 Å². The molecule has 2 N–H and O–H groups in total. The lowest BCUT2D eigenvalue weighted by Crippen LogP contribution is -2.16. The van der Waals surface area contributed by atoms with Gasteiger partial charge in [-0.2, -0.15) is 0 Å². The van der Waals surface area contributed by atoms with Crippen molar-refractivity contribution in [3.05, 3.63) is 35.5 Å². The molecule has 2 aromatic rings. The number of carboxylic acids is 1. The van der Waals surface area contributed by atoms with Crippen LogP contribution >= 0.6 is 0 Å². The van der Waals surface area contributed by atoms with Gasteiger partial charge < -0.3 is 10.1 Å². The van der Waals surface area contributed by atoms with Crippen molar-refractivity contribution in [2.24, 2.45) is 5.92 Å². The Labute approximate surface area is 105 Å². The van der Waals surface area contributed by atoms with Crippen LogP contribution in [0.4, 0.5) is 0 Å². The summed E-state index contributed by atoms with van der Waals surface area (Å²) < 4.78 is 0. The summed E-state index contributed by atoms with van der Waals surface area (Å²) in [6.07, 6.45) is -0.141. The second-order valence-corrected chi connectivity index (χ2v) is 4.53. The highest BCUT2D eigenvalue weighted by Gasteiger charge is 2.22. The highest BCUT2D eigenvalue weighted by atomic mass is 16.4. The molecule has 18 heavy (non-hydrogen) atoms. The number of nitrogens with one attached hydrogen (secondary N) is 1. The van der Waals surface area contributed by atoms with E-state index in [1.807, 2.05) is 31.2 Å². The van der Waals surface area contributed by atoms with E-state index in [0.717, 1.165) is 16.6 Å². The van der Waals surface area contributed by atoms with Crippen LogP contribution in [0.3, 0.4) is 0 Å². The minimum absolute atomic E-state index is 0.118. The molecule has 0 aliphatic rings. The van der Waals surface area contributed by atoms with Gasteiger partial charge in [-0.05, 0) is 13.0 Å². The van der Waals surface area contributed by atoms with Gasteiger partial charge in [0, 0.05) is 28.1 Å². The number of carbonyl (C=O) groups excluding carboxylic acids is 1. The lowest BCUT2D eigenvalue weighted by atomic mass is 9.94. The Hall–Kier alpha value is -2.10. The van der Waals surface area contributed by atoms with Gasteiger partial charge in [0.15, 0.2) is 5.78 Å². The third kappa shape index (κ3) is 2.14. The Morgan fingerprint density at radius 1 is 1.33 bits per heavy atom. The molecule has 0 fully saturated rings. The Kier molecular flexibility index (Phi) is 3.19. The van der Waals surface area contributed by atoms with Crippen molar-refractivity contribution in [3.8, 4) is 0 Å². The number of carboxylic acid groups (broad SMARTS) is 1. The summed E-state index contributed by atoms with van der Waals surface area (Å²) in [4.78, 5) is 26.1. The minimum Gasteiger partial charge on any atom is -0.481 e. The van der Waals surface area contributed by atoms with E-state index in [9.17, 15) is 9.59 Å². The molecule has 0 bridgehead atoms.